The number of nitrogens with zero attached hydrogens (tertiary/aromatic N) is 4. The average molecular weight is 427 g/mol. The summed E-state index contributed by atoms with van der Waals surface area (Å²) in [4.78, 5) is 26.6. The normalized spacial score (nSPS) is 11.6. The van der Waals surface area contributed by atoms with E-state index >= 15 is 0 Å². The molecule has 0 unspecified atom stereocenters. The van der Waals surface area contributed by atoms with Crippen molar-refractivity contribution in [2.24, 2.45) is 0 Å². The quantitative estimate of drug-likeness (QED) is 0.237. The summed E-state index contributed by atoms with van der Waals surface area (Å²) in [6.07, 6.45) is 3.25. The number of nitro benzene ring substituents is 1. The van der Waals surface area contributed by atoms with Crippen molar-refractivity contribution in [3.63, 3.8) is 0 Å². The van der Waals surface area contributed by atoms with E-state index in [0.29, 0.717) is 5.16 Å². The Morgan fingerprint density at radius 3 is 2.63 bits per heavy atom. The van der Waals surface area contributed by atoms with Gasteiger partial charge in [0.25, 0.3) is 5.69 Å². The van der Waals surface area contributed by atoms with Crippen LogP contribution in [0.25, 0.3) is 11.8 Å². The van der Waals surface area contributed by atoms with Gasteiger partial charge in [-0.2, -0.15) is 0 Å². The molecule has 0 atom stereocenters. The zero-order valence-electron chi connectivity index (χ0n) is 16.7. The van der Waals surface area contributed by atoms with Gasteiger partial charge in [0, 0.05) is 35.6 Å². The van der Waals surface area contributed by atoms with Crippen molar-refractivity contribution in [1.82, 2.24) is 19.7 Å². The first-order chi connectivity index (χ1) is 14.3. The lowest BCUT2D eigenvalue weighted by molar-refractivity contribution is -0.384. The first-order valence-corrected chi connectivity index (χ1v) is 10.1. The van der Waals surface area contributed by atoms with Crippen LogP contribution in [-0.4, -0.2) is 35.7 Å². The van der Waals surface area contributed by atoms with Crippen LogP contribution in [0.1, 0.15) is 36.1 Å². The van der Waals surface area contributed by atoms with Crippen LogP contribution in [0.3, 0.4) is 0 Å². The molecule has 3 aromatic rings. The minimum absolute atomic E-state index is 0.0137. The lowest BCUT2D eigenvalue weighted by atomic mass is 10.2. The molecule has 0 amide bonds. The van der Waals surface area contributed by atoms with E-state index in [1.165, 1.54) is 12.1 Å². The summed E-state index contributed by atoms with van der Waals surface area (Å²) in [6, 6.07) is 8.10. The largest absolute Gasteiger partial charge is 0.477 e. The lowest BCUT2D eigenvalue weighted by Crippen LogP contribution is -2.00. The van der Waals surface area contributed by atoms with Crippen LogP contribution in [-0.2, 0) is 11.2 Å². The van der Waals surface area contributed by atoms with E-state index < -0.39 is 10.9 Å². The molecule has 3 rings (SSSR count). The second-order valence-corrected chi connectivity index (χ2v) is 7.67. The van der Waals surface area contributed by atoms with Gasteiger partial charge in [-0.1, -0.05) is 6.92 Å². The van der Waals surface area contributed by atoms with E-state index in [1.54, 1.807) is 18.2 Å². The fourth-order valence-corrected chi connectivity index (χ4v) is 3.82. The minimum Gasteiger partial charge on any atom is -0.477 e. The minimum atomic E-state index is -1.07. The zero-order valence-corrected chi connectivity index (χ0v) is 17.6. The Labute approximate surface area is 177 Å². The molecule has 1 aromatic carbocycles. The van der Waals surface area contributed by atoms with E-state index in [0.717, 1.165) is 53.1 Å². The monoisotopic (exact) mass is 427 g/mol. The maximum absolute atomic E-state index is 11.8. The SMILES string of the molecule is CCCc1nc(S/C(=C\c2cc(C)n(-c3ccc([N+](=O)[O-])cc3)c2C)C(=O)O)n[nH]1. The van der Waals surface area contributed by atoms with E-state index in [1.807, 2.05) is 31.4 Å². The van der Waals surface area contributed by atoms with Crippen molar-refractivity contribution < 1.29 is 14.8 Å². The van der Waals surface area contributed by atoms with Gasteiger partial charge in [0.05, 0.1) is 4.92 Å². The number of thioether (sulfide) groups is 1. The highest BCUT2D eigenvalue weighted by Crippen LogP contribution is 2.29. The average Bonchev–Trinajstić information content (AvgIpc) is 3.25. The van der Waals surface area contributed by atoms with Crippen LogP contribution in [0, 0.1) is 24.0 Å². The number of carboxylic acids is 1. The van der Waals surface area contributed by atoms with E-state index in [2.05, 4.69) is 15.2 Å². The van der Waals surface area contributed by atoms with Crippen LogP contribution < -0.4 is 0 Å². The number of benzene rings is 1. The van der Waals surface area contributed by atoms with Crippen molar-refractivity contribution >= 4 is 29.5 Å². The summed E-state index contributed by atoms with van der Waals surface area (Å²) < 4.78 is 1.92. The molecule has 2 heterocycles. The smallest absolute Gasteiger partial charge is 0.342 e. The number of rotatable bonds is 8. The van der Waals surface area contributed by atoms with Crippen molar-refractivity contribution in [3.8, 4) is 5.69 Å². The number of hydrogen-bond acceptors (Lipinski definition) is 6. The standard InChI is InChI=1S/C20H21N5O4S/c1-4-5-18-21-20(23-22-18)30-17(19(26)27)11-14-10-12(2)24(13(14)3)15-6-8-16(9-7-15)25(28)29/h6-11H,4-5H2,1-3H3,(H,26,27)(H,21,22,23)/b17-11-. The van der Waals surface area contributed by atoms with Gasteiger partial charge >= 0.3 is 5.97 Å². The number of carboxylic acid groups (broad SMARTS) is 1. The molecule has 2 aromatic heterocycles. The van der Waals surface area contributed by atoms with Crippen LogP contribution >= 0.6 is 11.8 Å². The Morgan fingerprint density at radius 2 is 2.03 bits per heavy atom. The number of aryl methyl sites for hydroxylation is 2. The molecule has 9 nitrogen and oxygen atoms in total. The molecule has 10 heteroatoms. The number of nitrogens with one attached hydrogen (secondary N) is 1. The summed E-state index contributed by atoms with van der Waals surface area (Å²) in [6.45, 7) is 5.79. The lowest BCUT2D eigenvalue weighted by Gasteiger charge is -2.09. The maximum Gasteiger partial charge on any atom is 0.342 e. The Hall–Kier alpha value is -3.40. The number of carbonyl (C=O) groups is 1. The number of aliphatic carboxylic acids is 1. The molecular formula is C20H21N5O4S. The van der Waals surface area contributed by atoms with E-state index in [-0.39, 0.29) is 10.6 Å². The molecule has 0 saturated carbocycles. The molecule has 0 spiro atoms. The van der Waals surface area contributed by atoms with Crippen molar-refractivity contribution in [1.29, 1.82) is 0 Å². The molecule has 0 aliphatic rings. The third-order valence-corrected chi connectivity index (χ3v) is 5.36. The van der Waals surface area contributed by atoms with Crippen molar-refractivity contribution in [2.45, 2.75) is 38.8 Å². The van der Waals surface area contributed by atoms with E-state index in [9.17, 15) is 20.0 Å². The van der Waals surface area contributed by atoms with Crippen LogP contribution in [0.5, 0.6) is 0 Å². The fourth-order valence-electron chi connectivity index (χ4n) is 3.10. The number of H-pyrrole nitrogens is 1. The second-order valence-electron chi connectivity index (χ2n) is 6.67. The van der Waals surface area contributed by atoms with Crippen LogP contribution in [0.4, 0.5) is 5.69 Å². The number of aromatic amines is 1. The highest BCUT2D eigenvalue weighted by molar-refractivity contribution is 8.04. The van der Waals surface area contributed by atoms with Crippen molar-refractivity contribution in [2.75, 3.05) is 0 Å². The first kappa shape index (κ1) is 21.3. The molecule has 2 N–H and O–H groups in total. The molecule has 0 bridgehead atoms. The molecule has 0 aliphatic heterocycles. The highest BCUT2D eigenvalue weighted by atomic mass is 32.2. The van der Waals surface area contributed by atoms with Crippen LogP contribution in [0.15, 0.2) is 40.4 Å². The highest BCUT2D eigenvalue weighted by Gasteiger charge is 2.17. The van der Waals surface area contributed by atoms with Gasteiger partial charge in [0.1, 0.15) is 10.7 Å². The van der Waals surface area contributed by atoms with Gasteiger partial charge in [0.15, 0.2) is 0 Å². The molecule has 0 fully saturated rings. The summed E-state index contributed by atoms with van der Waals surface area (Å²) >= 11 is 0.987. The predicted molar refractivity (Wildman–Crippen MR) is 114 cm³/mol. The van der Waals surface area contributed by atoms with Crippen molar-refractivity contribution in [3.05, 3.63) is 68.1 Å². The number of hydrogen-bond donors (Lipinski definition) is 2. The molecule has 156 valence electrons. The van der Waals surface area contributed by atoms with Gasteiger partial charge in [-0.25, -0.2) is 9.78 Å². The fraction of sp³-hybridized carbons (Fsp3) is 0.250. The van der Waals surface area contributed by atoms with Gasteiger partial charge < -0.3 is 9.67 Å². The Morgan fingerprint density at radius 1 is 1.33 bits per heavy atom. The van der Waals surface area contributed by atoms with Gasteiger partial charge in [0.2, 0.25) is 5.16 Å². The number of non-ortho nitro benzene ring substituents is 1. The van der Waals surface area contributed by atoms with Gasteiger partial charge in [-0.3, -0.25) is 15.2 Å². The predicted octanol–water partition coefficient (Wildman–Crippen LogP) is 4.29. The van der Waals surface area contributed by atoms with E-state index in [4.69, 9.17) is 0 Å². The summed E-state index contributed by atoms with van der Waals surface area (Å²) in [7, 11) is 0. The Kier molecular flexibility index (Phi) is 6.36. The third kappa shape index (κ3) is 4.60. The second kappa shape index (κ2) is 8.95. The summed E-state index contributed by atoms with van der Waals surface area (Å²) in [5.74, 6) is -0.344. The molecular weight excluding hydrogens is 406 g/mol. The number of aromatic nitrogens is 4. The summed E-state index contributed by atoms with van der Waals surface area (Å²) in [5.41, 5.74) is 3.21. The first-order valence-electron chi connectivity index (χ1n) is 9.28. The topological polar surface area (TPSA) is 127 Å². The van der Waals surface area contributed by atoms with Gasteiger partial charge in [-0.15, -0.1) is 5.10 Å². The molecule has 0 radical (unpaired) electrons. The maximum atomic E-state index is 11.8. The number of nitro groups is 1. The van der Waals surface area contributed by atoms with Gasteiger partial charge in [-0.05, 0) is 61.9 Å². The molecule has 0 aliphatic carbocycles. The molecule has 30 heavy (non-hydrogen) atoms. The molecule has 0 saturated heterocycles. The third-order valence-electron chi connectivity index (χ3n) is 4.49. The van der Waals surface area contributed by atoms with Crippen LogP contribution in [0.2, 0.25) is 0 Å². The zero-order chi connectivity index (χ0) is 21.8. The Balaban J connectivity index is 1.93. The Bertz CT molecular complexity index is 1110. The summed E-state index contributed by atoms with van der Waals surface area (Å²) in [5, 5.41) is 27.8.